The molecule has 0 saturated carbocycles. The van der Waals surface area contributed by atoms with E-state index in [2.05, 4.69) is 74.3 Å². The fourth-order valence-electron chi connectivity index (χ4n) is 3.88. The van der Waals surface area contributed by atoms with Gasteiger partial charge in [0, 0.05) is 9.80 Å². The average molecular weight is 486 g/mol. The zero-order valence-corrected chi connectivity index (χ0v) is 18.1. The second kappa shape index (κ2) is 7.61. The summed E-state index contributed by atoms with van der Waals surface area (Å²) in [5, 5.41) is 0.895. The van der Waals surface area contributed by atoms with E-state index in [4.69, 9.17) is 4.74 Å². The first kappa shape index (κ1) is 18.5. The standard InChI is InChI=1S/C23H18Br2O2/c1-27-23(26)20-13-16(7-9-21(20)25)22-14(10-11-24)6-8-18-17-5-3-2-4-15(17)12-19(18)22/h2-9,13H,10-12H2,1H3. The van der Waals surface area contributed by atoms with Gasteiger partial charge in [0.15, 0.2) is 0 Å². The van der Waals surface area contributed by atoms with Crippen molar-refractivity contribution in [3.63, 3.8) is 0 Å². The van der Waals surface area contributed by atoms with Crippen molar-refractivity contribution in [2.24, 2.45) is 0 Å². The molecule has 2 nitrogen and oxygen atoms in total. The number of carbonyl (C=O) groups excluding carboxylic acids is 1. The molecule has 0 saturated heterocycles. The number of ether oxygens (including phenoxy) is 1. The third kappa shape index (κ3) is 3.26. The maximum absolute atomic E-state index is 12.2. The number of hydrogen-bond donors (Lipinski definition) is 0. The van der Waals surface area contributed by atoms with E-state index in [1.165, 1.54) is 40.5 Å². The van der Waals surface area contributed by atoms with Gasteiger partial charge < -0.3 is 4.74 Å². The van der Waals surface area contributed by atoms with Crippen LogP contribution in [0.4, 0.5) is 0 Å². The Hall–Kier alpha value is -1.91. The van der Waals surface area contributed by atoms with E-state index in [0.717, 1.165) is 28.2 Å². The van der Waals surface area contributed by atoms with Crippen LogP contribution in [0.2, 0.25) is 0 Å². The van der Waals surface area contributed by atoms with Gasteiger partial charge in [-0.05, 0) is 79.8 Å². The maximum Gasteiger partial charge on any atom is 0.339 e. The molecule has 3 aromatic carbocycles. The number of methoxy groups -OCH3 is 1. The first-order valence-electron chi connectivity index (χ1n) is 8.81. The summed E-state index contributed by atoms with van der Waals surface area (Å²) >= 11 is 7.05. The van der Waals surface area contributed by atoms with Crippen molar-refractivity contribution in [1.29, 1.82) is 0 Å². The normalized spacial score (nSPS) is 11.8. The monoisotopic (exact) mass is 484 g/mol. The molecule has 27 heavy (non-hydrogen) atoms. The second-order valence-corrected chi connectivity index (χ2v) is 8.23. The third-order valence-electron chi connectivity index (χ3n) is 5.10. The molecule has 0 aromatic heterocycles. The molecule has 1 aliphatic rings. The molecule has 0 spiro atoms. The summed E-state index contributed by atoms with van der Waals surface area (Å²) in [5.74, 6) is -0.332. The first-order chi connectivity index (χ1) is 13.1. The lowest BCUT2D eigenvalue weighted by atomic mass is 9.89. The van der Waals surface area contributed by atoms with Gasteiger partial charge in [0.25, 0.3) is 0 Å². The number of esters is 1. The molecule has 4 heteroatoms. The lowest BCUT2D eigenvalue weighted by Gasteiger charge is -2.16. The Morgan fingerprint density at radius 2 is 1.89 bits per heavy atom. The van der Waals surface area contributed by atoms with E-state index in [-0.39, 0.29) is 5.97 Å². The van der Waals surface area contributed by atoms with Crippen molar-refractivity contribution in [2.75, 3.05) is 12.4 Å². The van der Waals surface area contributed by atoms with Crippen LogP contribution in [0.1, 0.15) is 27.0 Å². The van der Waals surface area contributed by atoms with Crippen LogP contribution in [0.25, 0.3) is 22.3 Å². The molecule has 0 heterocycles. The van der Waals surface area contributed by atoms with Crippen LogP contribution in [0, 0.1) is 0 Å². The van der Waals surface area contributed by atoms with Crippen molar-refractivity contribution in [1.82, 2.24) is 0 Å². The second-order valence-electron chi connectivity index (χ2n) is 6.58. The first-order valence-corrected chi connectivity index (χ1v) is 10.7. The highest BCUT2D eigenvalue weighted by Gasteiger charge is 2.24. The van der Waals surface area contributed by atoms with Gasteiger partial charge in [-0.3, -0.25) is 0 Å². The van der Waals surface area contributed by atoms with E-state index in [0.29, 0.717) is 5.56 Å². The minimum absolute atomic E-state index is 0.332. The average Bonchev–Trinajstić information content (AvgIpc) is 3.07. The molecule has 0 N–H and O–H groups in total. The molecule has 136 valence electrons. The smallest absolute Gasteiger partial charge is 0.339 e. The van der Waals surface area contributed by atoms with Crippen LogP contribution in [-0.4, -0.2) is 18.4 Å². The molecule has 0 fully saturated rings. The molecular formula is C23H18Br2O2. The molecule has 0 atom stereocenters. The molecule has 0 unspecified atom stereocenters. The fourth-order valence-corrected chi connectivity index (χ4v) is 4.71. The summed E-state index contributed by atoms with van der Waals surface area (Å²) in [5.41, 5.74) is 9.43. The Labute approximate surface area is 175 Å². The maximum atomic E-state index is 12.2. The summed E-state index contributed by atoms with van der Waals surface area (Å²) in [6.07, 6.45) is 1.85. The van der Waals surface area contributed by atoms with E-state index in [1.54, 1.807) is 0 Å². The molecule has 3 aromatic rings. The lowest BCUT2D eigenvalue weighted by Crippen LogP contribution is -2.04. The summed E-state index contributed by atoms with van der Waals surface area (Å²) < 4.78 is 5.70. The number of fused-ring (bicyclic) bond motifs is 3. The molecule has 0 amide bonds. The summed E-state index contributed by atoms with van der Waals surface area (Å²) in [7, 11) is 1.41. The fraction of sp³-hybridized carbons (Fsp3) is 0.174. The molecule has 1 aliphatic carbocycles. The van der Waals surface area contributed by atoms with Gasteiger partial charge in [-0.25, -0.2) is 4.79 Å². The van der Waals surface area contributed by atoms with Crippen LogP contribution < -0.4 is 0 Å². The van der Waals surface area contributed by atoms with E-state index in [9.17, 15) is 4.79 Å². The van der Waals surface area contributed by atoms with Crippen molar-refractivity contribution >= 4 is 37.8 Å². The van der Waals surface area contributed by atoms with Crippen molar-refractivity contribution in [3.8, 4) is 22.3 Å². The lowest BCUT2D eigenvalue weighted by molar-refractivity contribution is 0.0599. The Morgan fingerprint density at radius 1 is 1.07 bits per heavy atom. The number of carbonyl (C=O) groups is 1. The van der Waals surface area contributed by atoms with Crippen LogP contribution >= 0.6 is 31.9 Å². The van der Waals surface area contributed by atoms with Crippen LogP contribution in [0.3, 0.4) is 0 Å². The zero-order chi connectivity index (χ0) is 19.0. The number of halogens is 2. The zero-order valence-electron chi connectivity index (χ0n) is 14.9. The van der Waals surface area contributed by atoms with Gasteiger partial charge in [-0.1, -0.05) is 58.4 Å². The molecule has 4 rings (SSSR count). The van der Waals surface area contributed by atoms with Gasteiger partial charge in [-0.2, -0.15) is 0 Å². The molecule has 0 radical (unpaired) electrons. The topological polar surface area (TPSA) is 26.3 Å². The summed E-state index contributed by atoms with van der Waals surface area (Å²) in [4.78, 5) is 12.2. The minimum Gasteiger partial charge on any atom is -0.465 e. The predicted molar refractivity (Wildman–Crippen MR) is 117 cm³/mol. The number of alkyl halides is 1. The van der Waals surface area contributed by atoms with Crippen molar-refractivity contribution in [2.45, 2.75) is 12.8 Å². The minimum atomic E-state index is -0.332. The van der Waals surface area contributed by atoms with Gasteiger partial charge in [0.05, 0.1) is 12.7 Å². The number of rotatable bonds is 4. The Morgan fingerprint density at radius 3 is 2.67 bits per heavy atom. The van der Waals surface area contributed by atoms with Crippen LogP contribution in [0.15, 0.2) is 59.1 Å². The van der Waals surface area contributed by atoms with Gasteiger partial charge in [0.1, 0.15) is 0 Å². The third-order valence-corrected chi connectivity index (χ3v) is 6.19. The predicted octanol–water partition coefficient (Wildman–Crippen LogP) is 6.41. The summed E-state index contributed by atoms with van der Waals surface area (Å²) in [6, 6.07) is 19.0. The number of hydrogen-bond acceptors (Lipinski definition) is 2. The highest BCUT2D eigenvalue weighted by Crippen LogP contribution is 2.43. The number of benzene rings is 3. The van der Waals surface area contributed by atoms with Crippen LogP contribution in [0.5, 0.6) is 0 Å². The van der Waals surface area contributed by atoms with Gasteiger partial charge in [0.2, 0.25) is 0 Å². The van der Waals surface area contributed by atoms with Gasteiger partial charge in [-0.15, -0.1) is 0 Å². The highest BCUT2D eigenvalue weighted by atomic mass is 79.9. The summed E-state index contributed by atoms with van der Waals surface area (Å²) in [6.45, 7) is 0. The molecular weight excluding hydrogens is 468 g/mol. The largest absolute Gasteiger partial charge is 0.465 e. The van der Waals surface area contributed by atoms with E-state index in [1.807, 2.05) is 12.1 Å². The van der Waals surface area contributed by atoms with Crippen molar-refractivity contribution < 1.29 is 9.53 Å². The Bertz CT molecular complexity index is 1040. The van der Waals surface area contributed by atoms with E-state index < -0.39 is 0 Å². The Balaban J connectivity index is 1.94. The highest BCUT2D eigenvalue weighted by molar-refractivity contribution is 9.10. The number of aryl methyl sites for hydroxylation is 1. The Kier molecular flexibility index (Phi) is 5.20. The SMILES string of the molecule is COC(=O)c1cc(-c2c(CCBr)ccc3c2Cc2ccccc2-3)ccc1Br. The molecule has 0 aliphatic heterocycles. The molecule has 0 bridgehead atoms. The van der Waals surface area contributed by atoms with Crippen LogP contribution in [-0.2, 0) is 17.6 Å². The van der Waals surface area contributed by atoms with E-state index >= 15 is 0 Å². The quantitative estimate of drug-likeness (QED) is 0.246. The van der Waals surface area contributed by atoms with Crippen molar-refractivity contribution in [3.05, 3.63) is 81.3 Å². The van der Waals surface area contributed by atoms with Gasteiger partial charge >= 0.3 is 5.97 Å².